The number of rotatable bonds is 3. The SMILES string of the molecule is CC(C)N(CC(F)(F)F)C(=O)c1cc2c(s1)CCC2. The Morgan fingerprint density at radius 1 is 1.42 bits per heavy atom. The van der Waals surface area contributed by atoms with Gasteiger partial charge in [0.15, 0.2) is 0 Å². The van der Waals surface area contributed by atoms with Crippen LogP contribution in [0.15, 0.2) is 6.07 Å². The van der Waals surface area contributed by atoms with Gasteiger partial charge >= 0.3 is 6.18 Å². The standard InChI is InChI=1S/C13H16F3NOS/c1-8(2)17(7-13(14,15)16)12(18)11-6-9-4-3-5-10(9)19-11/h6,8H,3-5,7H2,1-2H3. The minimum Gasteiger partial charge on any atom is -0.326 e. The van der Waals surface area contributed by atoms with Crippen molar-refractivity contribution in [3.8, 4) is 0 Å². The Morgan fingerprint density at radius 3 is 2.63 bits per heavy atom. The van der Waals surface area contributed by atoms with Gasteiger partial charge in [0.05, 0.1) is 4.88 Å². The van der Waals surface area contributed by atoms with Crippen molar-refractivity contribution in [3.05, 3.63) is 21.4 Å². The van der Waals surface area contributed by atoms with E-state index < -0.39 is 24.7 Å². The van der Waals surface area contributed by atoms with Crippen molar-refractivity contribution in [1.82, 2.24) is 4.90 Å². The molecular formula is C13H16F3NOS. The number of thiophene rings is 1. The summed E-state index contributed by atoms with van der Waals surface area (Å²) in [4.78, 5) is 14.7. The van der Waals surface area contributed by atoms with Gasteiger partial charge in [-0.1, -0.05) is 0 Å². The van der Waals surface area contributed by atoms with Crippen molar-refractivity contribution in [1.29, 1.82) is 0 Å². The van der Waals surface area contributed by atoms with Gasteiger partial charge in [-0.2, -0.15) is 13.2 Å². The van der Waals surface area contributed by atoms with Crippen LogP contribution in [0.1, 0.15) is 40.4 Å². The number of aryl methyl sites for hydroxylation is 2. The Morgan fingerprint density at radius 2 is 2.11 bits per heavy atom. The van der Waals surface area contributed by atoms with Crippen LogP contribution in [0.5, 0.6) is 0 Å². The lowest BCUT2D eigenvalue weighted by atomic mass is 10.2. The van der Waals surface area contributed by atoms with Crippen LogP contribution in [-0.4, -0.2) is 29.6 Å². The summed E-state index contributed by atoms with van der Waals surface area (Å²) in [6.45, 7) is 2.02. The van der Waals surface area contributed by atoms with E-state index in [9.17, 15) is 18.0 Å². The number of hydrogen-bond acceptors (Lipinski definition) is 2. The van der Waals surface area contributed by atoms with Gasteiger partial charge in [-0.15, -0.1) is 11.3 Å². The molecule has 0 fully saturated rings. The fourth-order valence-electron chi connectivity index (χ4n) is 2.26. The third kappa shape index (κ3) is 3.29. The van der Waals surface area contributed by atoms with Crippen molar-refractivity contribution < 1.29 is 18.0 Å². The number of nitrogens with zero attached hydrogens (tertiary/aromatic N) is 1. The van der Waals surface area contributed by atoms with Crippen molar-refractivity contribution in [3.63, 3.8) is 0 Å². The van der Waals surface area contributed by atoms with Crippen LogP contribution in [0.4, 0.5) is 13.2 Å². The van der Waals surface area contributed by atoms with E-state index in [2.05, 4.69) is 0 Å². The van der Waals surface area contributed by atoms with Crippen LogP contribution in [0.3, 0.4) is 0 Å². The third-order valence-corrected chi connectivity index (χ3v) is 4.42. The molecule has 1 aliphatic carbocycles. The summed E-state index contributed by atoms with van der Waals surface area (Å²) < 4.78 is 37.5. The predicted octanol–water partition coefficient (Wildman–Crippen LogP) is 3.65. The molecule has 1 heterocycles. The average Bonchev–Trinajstić information content (AvgIpc) is 2.83. The van der Waals surface area contributed by atoms with E-state index in [1.54, 1.807) is 19.9 Å². The fourth-order valence-corrected chi connectivity index (χ4v) is 3.47. The second kappa shape index (κ2) is 5.15. The summed E-state index contributed by atoms with van der Waals surface area (Å²) >= 11 is 1.34. The van der Waals surface area contributed by atoms with E-state index in [0.717, 1.165) is 34.6 Å². The van der Waals surface area contributed by atoms with Crippen LogP contribution in [0.2, 0.25) is 0 Å². The molecule has 0 atom stereocenters. The molecule has 0 bridgehead atoms. The second-order valence-electron chi connectivity index (χ2n) is 5.05. The lowest BCUT2D eigenvalue weighted by Crippen LogP contribution is -2.43. The van der Waals surface area contributed by atoms with E-state index in [1.807, 2.05) is 0 Å². The largest absolute Gasteiger partial charge is 0.406 e. The molecular weight excluding hydrogens is 275 g/mol. The van der Waals surface area contributed by atoms with Gasteiger partial charge in [-0.3, -0.25) is 4.79 Å². The quantitative estimate of drug-likeness (QED) is 0.832. The number of carbonyl (C=O) groups excluding carboxylic acids is 1. The molecule has 6 heteroatoms. The highest BCUT2D eigenvalue weighted by Crippen LogP contribution is 2.32. The maximum atomic E-state index is 12.5. The van der Waals surface area contributed by atoms with Gasteiger partial charge in [0.1, 0.15) is 6.54 Å². The predicted molar refractivity (Wildman–Crippen MR) is 68.6 cm³/mol. The van der Waals surface area contributed by atoms with Gasteiger partial charge in [0, 0.05) is 10.9 Å². The van der Waals surface area contributed by atoms with Gasteiger partial charge in [0.2, 0.25) is 0 Å². The molecule has 1 aromatic heterocycles. The zero-order chi connectivity index (χ0) is 14.2. The summed E-state index contributed by atoms with van der Waals surface area (Å²) in [6.07, 6.45) is -1.42. The molecule has 0 radical (unpaired) electrons. The van der Waals surface area contributed by atoms with E-state index in [0.29, 0.717) is 4.88 Å². The molecule has 2 rings (SSSR count). The number of halogens is 3. The molecule has 0 spiro atoms. The van der Waals surface area contributed by atoms with Gasteiger partial charge < -0.3 is 4.90 Å². The molecule has 1 aliphatic rings. The summed E-state index contributed by atoms with van der Waals surface area (Å²) in [5, 5.41) is 0. The van der Waals surface area contributed by atoms with Crippen molar-refractivity contribution in [2.75, 3.05) is 6.54 Å². The Labute approximate surface area is 114 Å². The molecule has 0 saturated heterocycles. The normalized spacial score (nSPS) is 14.8. The Kier molecular flexibility index (Phi) is 3.90. The highest BCUT2D eigenvalue weighted by atomic mass is 32.1. The van der Waals surface area contributed by atoms with E-state index in [-0.39, 0.29) is 0 Å². The maximum Gasteiger partial charge on any atom is 0.406 e. The minimum absolute atomic E-state index is 0.433. The summed E-state index contributed by atoms with van der Waals surface area (Å²) in [7, 11) is 0. The summed E-state index contributed by atoms with van der Waals surface area (Å²) in [5.41, 5.74) is 1.13. The average molecular weight is 291 g/mol. The third-order valence-electron chi connectivity index (χ3n) is 3.19. The van der Waals surface area contributed by atoms with Crippen LogP contribution < -0.4 is 0 Å². The zero-order valence-corrected chi connectivity index (χ0v) is 11.7. The molecule has 0 saturated carbocycles. The minimum atomic E-state index is -4.36. The van der Waals surface area contributed by atoms with Crippen molar-refractivity contribution in [2.24, 2.45) is 0 Å². The molecule has 1 amide bonds. The monoisotopic (exact) mass is 291 g/mol. The fraction of sp³-hybridized carbons (Fsp3) is 0.615. The van der Waals surface area contributed by atoms with Gasteiger partial charge in [-0.25, -0.2) is 0 Å². The van der Waals surface area contributed by atoms with Crippen molar-refractivity contribution >= 4 is 17.2 Å². The lowest BCUT2D eigenvalue weighted by Gasteiger charge is -2.27. The number of fused-ring (bicyclic) bond motifs is 1. The van der Waals surface area contributed by atoms with Crippen LogP contribution in [0.25, 0.3) is 0 Å². The number of amides is 1. The Balaban J connectivity index is 2.19. The smallest absolute Gasteiger partial charge is 0.326 e. The van der Waals surface area contributed by atoms with Crippen LogP contribution in [-0.2, 0) is 12.8 Å². The Bertz CT molecular complexity index is 457. The van der Waals surface area contributed by atoms with Crippen molar-refractivity contribution in [2.45, 2.75) is 45.3 Å². The number of hydrogen-bond donors (Lipinski definition) is 0. The maximum absolute atomic E-state index is 12.5. The first-order chi connectivity index (χ1) is 8.78. The first-order valence-electron chi connectivity index (χ1n) is 6.27. The molecule has 0 unspecified atom stereocenters. The van der Waals surface area contributed by atoms with Gasteiger partial charge in [-0.05, 0) is 44.7 Å². The lowest BCUT2D eigenvalue weighted by molar-refractivity contribution is -0.143. The molecule has 19 heavy (non-hydrogen) atoms. The van der Waals surface area contributed by atoms with Crippen LogP contribution >= 0.6 is 11.3 Å². The molecule has 106 valence electrons. The van der Waals surface area contributed by atoms with E-state index in [4.69, 9.17) is 0 Å². The molecule has 0 aliphatic heterocycles. The molecule has 2 nitrogen and oxygen atoms in total. The summed E-state index contributed by atoms with van der Waals surface area (Å²) in [6, 6.07) is 1.30. The summed E-state index contributed by atoms with van der Waals surface area (Å²) in [5.74, 6) is -0.508. The number of carbonyl (C=O) groups is 1. The van der Waals surface area contributed by atoms with Crippen LogP contribution in [0, 0.1) is 0 Å². The van der Waals surface area contributed by atoms with E-state index in [1.165, 1.54) is 11.3 Å². The second-order valence-corrected chi connectivity index (χ2v) is 6.19. The van der Waals surface area contributed by atoms with Gasteiger partial charge in [0.25, 0.3) is 5.91 Å². The first kappa shape index (κ1) is 14.4. The Hall–Kier alpha value is -1.04. The highest BCUT2D eigenvalue weighted by Gasteiger charge is 2.35. The molecule has 0 aromatic carbocycles. The molecule has 0 N–H and O–H groups in total. The topological polar surface area (TPSA) is 20.3 Å². The number of alkyl halides is 3. The zero-order valence-electron chi connectivity index (χ0n) is 10.9. The highest BCUT2D eigenvalue weighted by molar-refractivity contribution is 7.14. The molecule has 1 aromatic rings. The van der Waals surface area contributed by atoms with E-state index >= 15 is 0 Å². The first-order valence-corrected chi connectivity index (χ1v) is 7.09.